The van der Waals surface area contributed by atoms with E-state index in [0.717, 1.165) is 12.1 Å². The van der Waals surface area contributed by atoms with Crippen LogP contribution in [-0.2, 0) is 0 Å². The molecule has 0 spiro atoms. The summed E-state index contributed by atoms with van der Waals surface area (Å²) in [6.07, 6.45) is 1.43. The van der Waals surface area contributed by atoms with Gasteiger partial charge in [-0.3, -0.25) is 0 Å². The number of aromatic nitrogens is 2. The number of oxazole rings is 1. The number of nitrogens with two attached hydrogens (primary N) is 1. The van der Waals surface area contributed by atoms with Gasteiger partial charge in [0.1, 0.15) is 5.52 Å². The normalized spacial score (nSPS) is 11.0. The average Bonchev–Trinajstić information content (AvgIpc) is 2.75. The van der Waals surface area contributed by atoms with E-state index in [9.17, 15) is 8.78 Å². The minimum absolute atomic E-state index is 0.169. The molecule has 0 amide bonds. The van der Waals surface area contributed by atoms with E-state index < -0.39 is 11.6 Å². The zero-order valence-corrected chi connectivity index (χ0v) is 9.02. The van der Waals surface area contributed by atoms with Gasteiger partial charge in [-0.15, -0.1) is 0 Å². The predicted octanol–water partition coefficient (Wildman–Crippen LogP) is 2.75. The Balaban J connectivity index is 2.16. The summed E-state index contributed by atoms with van der Waals surface area (Å²) in [5.74, 6) is -1.71. The van der Waals surface area contributed by atoms with Gasteiger partial charge in [0.2, 0.25) is 11.6 Å². The molecule has 2 aromatic heterocycles. The Hall–Kier alpha value is -2.50. The van der Waals surface area contributed by atoms with Crippen LogP contribution in [0.15, 0.2) is 34.9 Å². The number of rotatable bonds is 1. The van der Waals surface area contributed by atoms with E-state index in [1.165, 1.54) is 12.3 Å². The second-order valence-corrected chi connectivity index (χ2v) is 3.74. The molecule has 4 nitrogen and oxygen atoms in total. The third kappa shape index (κ3) is 1.67. The minimum atomic E-state index is -0.956. The van der Waals surface area contributed by atoms with Crippen LogP contribution < -0.4 is 5.73 Å². The summed E-state index contributed by atoms with van der Waals surface area (Å²) < 4.78 is 31.3. The van der Waals surface area contributed by atoms with Crippen LogP contribution in [0.1, 0.15) is 0 Å². The largest absolute Gasteiger partial charge is 0.418 e. The first kappa shape index (κ1) is 10.6. The van der Waals surface area contributed by atoms with E-state index in [1.807, 2.05) is 0 Å². The van der Waals surface area contributed by atoms with Crippen LogP contribution in [0.3, 0.4) is 0 Å². The van der Waals surface area contributed by atoms with Crippen molar-refractivity contribution in [2.75, 3.05) is 5.73 Å². The molecule has 0 unspecified atom stereocenters. The first-order valence-electron chi connectivity index (χ1n) is 5.11. The molecule has 2 N–H and O–H groups in total. The summed E-state index contributed by atoms with van der Waals surface area (Å²) in [5.41, 5.74) is 7.11. The van der Waals surface area contributed by atoms with Crippen LogP contribution in [0.25, 0.3) is 22.7 Å². The number of nitrogens with zero attached hydrogens (tertiary/aromatic N) is 2. The van der Waals surface area contributed by atoms with Crippen LogP contribution >= 0.6 is 0 Å². The van der Waals surface area contributed by atoms with Crippen molar-refractivity contribution < 1.29 is 13.2 Å². The monoisotopic (exact) mass is 247 g/mol. The molecule has 3 aromatic rings. The Morgan fingerprint density at radius 1 is 1.11 bits per heavy atom. The van der Waals surface area contributed by atoms with Crippen molar-refractivity contribution in [3.8, 4) is 11.5 Å². The fraction of sp³-hybridized carbons (Fsp3) is 0. The van der Waals surface area contributed by atoms with Gasteiger partial charge in [0.05, 0.1) is 11.9 Å². The lowest BCUT2D eigenvalue weighted by Gasteiger charge is -1.95. The molecule has 0 atom stereocenters. The highest BCUT2D eigenvalue weighted by molar-refractivity contribution is 5.75. The summed E-state index contributed by atoms with van der Waals surface area (Å²) in [6.45, 7) is 0. The molecular formula is C12H7F2N3O. The molecule has 0 aliphatic heterocycles. The number of benzene rings is 1. The van der Waals surface area contributed by atoms with Crippen LogP contribution in [0.5, 0.6) is 0 Å². The topological polar surface area (TPSA) is 64.9 Å². The first-order valence-corrected chi connectivity index (χ1v) is 5.11. The van der Waals surface area contributed by atoms with E-state index in [-0.39, 0.29) is 5.89 Å². The molecule has 0 aliphatic carbocycles. The standard InChI is InChI=1S/C12H7F2N3O/c13-8-2-1-6(3-9(8)14)11-17-10-4-7(15)5-16-12(10)18-11/h1-5H,15H2. The highest BCUT2D eigenvalue weighted by Gasteiger charge is 2.11. The van der Waals surface area contributed by atoms with E-state index in [4.69, 9.17) is 10.2 Å². The maximum absolute atomic E-state index is 13.1. The number of hydrogen-bond acceptors (Lipinski definition) is 4. The maximum Gasteiger partial charge on any atom is 0.247 e. The fourth-order valence-corrected chi connectivity index (χ4v) is 1.59. The SMILES string of the molecule is Nc1cnc2oc(-c3ccc(F)c(F)c3)nc2c1. The maximum atomic E-state index is 13.1. The summed E-state index contributed by atoms with van der Waals surface area (Å²) >= 11 is 0. The van der Waals surface area contributed by atoms with Crippen molar-refractivity contribution in [2.45, 2.75) is 0 Å². The Bertz CT molecular complexity index is 739. The highest BCUT2D eigenvalue weighted by atomic mass is 19.2. The highest BCUT2D eigenvalue weighted by Crippen LogP contribution is 2.25. The van der Waals surface area contributed by atoms with E-state index >= 15 is 0 Å². The van der Waals surface area contributed by atoms with Gasteiger partial charge in [-0.25, -0.2) is 18.7 Å². The van der Waals surface area contributed by atoms with Gasteiger partial charge >= 0.3 is 0 Å². The lowest BCUT2D eigenvalue weighted by molar-refractivity contribution is 0.508. The number of pyridine rings is 1. The summed E-state index contributed by atoms with van der Waals surface area (Å²) in [6, 6.07) is 5.01. The number of fused-ring (bicyclic) bond motifs is 1. The lowest BCUT2D eigenvalue weighted by atomic mass is 10.2. The summed E-state index contributed by atoms with van der Waals surface area (Å²) in [7, 11) is 0. The molecule has 0 saturated carbocycles. The molecule has 18 heavy (non-hydrogen) atoms. The zero-order valence-electron chi connectivity index (χ0n) is 9.02. The van der Waals surface area contributed by atoms with Crippen molar-refractivity contribution in [3.05, 3.63) is 42.1 Å². The van der Waals surface area contributed by atoms with Gasteiger partial charge < -0.3 is 10.2 Å². The van der Waals surface area contributed by atoms with Crippen molar-refractivity contribution in [3.63, 3.8) is 0 Å². The van der Waals surface area contributed by atoms with E-state index in [1.54, 1.807) is 6.07 Å². The van der Waals surface area contributed by atoms with Gasteiger partial charge in [0, 0.05) is 5.56 Å². The van der Waals surface area contributed by atoms with Crippen LogP contribution in [-0.4, -0.2) is 9.97 Å². The molecule has 3 rings (SSSR count). The fourth-order valence-electron chi connectivity index (χ4n) is 1.59. The average molecular weight is 247 g/mol. The second kappa shape index (κ2) is 3.76. The quantitative estimate of drug-likeness (QED) is 0.718. The number of anilines is 1. The number of hydrogen-bond donors (Lipinski definition) is 1. The van der Waals surface area contributed by atoms with Gasteiger partial charge in [0.15, 0.2) is 11.6 Å². The Labute approximate surface area is 100 Å². The van der Waals surface area contributed by atoms with Crippen LogP contribution in [0.4, 0.5) is 14.5 Å². The molecule has 0 saturated heterocycles. The van der Waals surface area contributed by atoms with Crippen molar-refractivity contribution in [2.24, 2.45) is 0 Å². The zero-order chi connectivity index (χ0) is 12.7. The molecule has 0 aliphatic rings. The minimum Gasteiger partial charge on any atom is -0.418 e. The molecule has 0 fully saturated rings. The smallest absolute Gasteiger partial charge is 0.247 e. The molecule has 1 aromatic carbocycles. The Kier molecular flexibility index (Phi) is 2.22. The van der Waals surface area contributed by atoms with E-state index in [2.05, 4.69) is 9.97 Å². The van der Waals surface area contributed by atoms with Crippen molar-refractivity contribution >= 4 is 16.9 Å². The lowest BCUT2D eigenvalue weighted by Crippen LogP contribution is -1.85. The third-order valence-corrected chi connectivity index (χ3v) is 2.44. The van der Waals surface area contributed by atoms with Gasteiger partial charge in [-0.2, -0.15) is 0 Å². The summed E-state index contributed by atoms with van der Waals surface area (Å²) in [5, 5.41) is 0. The van der Waals surface area contributed by atoms with Crippen molar-refractivity contribution in [1.29, 1.82) is 0 Å². The molecular weight excluding hydrogens is 240 g/mol. The van der Waals surface area contributed by atoms with Crippen LogP contribution in [0.2, 0.25) is 0 Å². The van der Waals surface area contributed by atoms with Gasteiger partial charge in [0.25, 0.3) is 0 Å². The Morgan fingerprint density at radius 3 is 2.72 bits per heavy atom. The van der Waals surface area contributed by atoms with Crippen molar-refractivity contribution in [1.82, 2.24) is 9.97 Å². The van der Waals surface area contributed by atoms with Crippen LogP contribution in [0, 0.1) is 11.6 Å². The molecule has 90 valence electrons. The Morgan fingerprint density at radius 2 is 1.94 bits per heavy atom. The van der Waals surface area contributed by atoms with E-state index in [0.29, 0.717) is 22.5 Å². The molecule has 6 heteroatoms. The molecule has 0 bridgehead atoms. The molecule has 2 heterocycles. The summed E-state index contributed by atoms with van der Waals surface area (Å²) in [4.78, 5) is 8.06. The number of halogens is 2. The third-order valence-electron chi connectivity index (χ3n) is 2.44. The predicted molar refractivity (Wildman–Crippen MR) is 61.6 cm³/mol. The van der Waals surface area contributed by atoms with Gasteiger partial charge in [-0.05, 0) is 24.3 Å². The first-order chi connectivity index (χ1) is 8.63. The second-order valence-electron chi connectivity index (χ2n) is 3.74. The van der Waals surface area contributed by atoms with Gasteiger partial charge in [-0.1, -0.05) is 0 Å². The number of nitrogen functional groups attached to an aromatic ring is 1. The molecule has 0 radical (unpaired) electrons.